The molecule has 6 nitrogen and oxygen atoms in total. The number of aromatic nitrogens is 5. The first kappa shape index (κ1) is 14.1. The summed E-state index contributed by atoms with van der Waals surface area (Å²) in [5.41, 5.74) is 0.736. The maximum Gasteiger partial charge on any atom is 0.259 e. The Labute approximate surface area is 130 Å². The van der Waals surface area contributed by atoms with Gasteiger partial charge in [-0.1, -0.05) is 40.7 Å². The van der Waals surface area contributed by atoms with Crippen LogP contribution in [0.3, 0.4) is 0 Å². The highest BCUT2D eigenvalue weighted by Gasteiger charge is 2.13. The Balaban J connectivity index is 1.73. The third-order valence-corrected chi connectivity index (χ3v) is 4.13. The van der Waals surface area contributed by atoms with Crippen molar-refractivity contribution in [2.24, 2.45) is 0 Å². The number of halogens is 1. The number of thioether (sulfide) groups is 1. The fraction of sp³-hybridized carbons (Fsp3) is 0.231. The molecular weight excluding hydrogens is 310 g/mol. The minimum Gasteiger partial charge on any atom is -0.334 e. The number of hydrogen-bond acceptors (Lipinski definition) is 6. The van der Waals surface area contributed by atoms with Gasteiger partial charge in [-0.25, -0.2) is 0 Å². The van der Waals surface area contributed by atoms with Gasteiger partial charge in [-0.3, -0.25) is 0 Å². The van der Waals surface area contributed by atoms with E-state index in [-0.39, 0.29) is 0 Å². The zero-order chi connectivity index (χ0) is 14.7. The molecule has 0 radical (unpaired) electrons. The maximum absolute atomic E-state index is 6.11. The molecule has 0 bridgehead atoms. The molecule has 0 fully saturated rings. The van der Waals surface area contributed by atoms with Gasteiger partial charge in [-0.05, 0) is 19.1 Å². The average molecular weight is 322 g/mol. The maximum atomic E-state index is 6.11. The van der Waals surface area contributed by atoms with Crippen molar-refractivity contribution in [3.8, 4) is 11.5 Å². The molecule has 0 saturated heterocycles. The van der Waals surface area contributed by atoms with E-state index in [4.69, 9.17) is 16.1 Å². The Bertz CT molecular complexity index is 742. The van der Waals surface area contributed by atoms with E-state index in [0.29, 0.717) is 22.5 Å². The van der Waals surface area contributed by atoms with Crippen LogP contribution in [0.4, 0.5) is 0 Å². The standard InChI is InChI=1S/C13H12ClN5OS/c1-2-19-8-15-17-13(19)21-7-11-16-12(20-18-11)9-5-3-4-6-10(9)14/h3-6,8H,2,7H2,1H3. The van der Waals surface area contributed by atoms with E-state index < -0.39 is 0 Å². The van der Waals surface area contributed by atoms with Gasteiger partial charge in [0.2, 0.25) is 0 Å². The topological polar surface area (TPSA) is 69.6 Å². The van der Waals surface area contributed by atoms with Gasteiger partial charge in [0.1, 0.15) is 6.33 Å². The fourth-order valence-electron chi connectivity index (χ4n) is 1.76. The van der Waals surface area contributed by atoms with Crippen LogP contribution < -0.4 is 0 Å². The molecule has 0 spiro atoms. The van der Waals surface area contributed by atoms with E-state index in [0.717, 1.165) is 17.3 Å². The molecular formula is C13H12ClN5OS. The van der Waals surface area contributed by atoms with Crippen LogP contribution >= 0.6 is 23.4 Å². The van der Waals surface area contributed by atoms with Gasteiger partial charge in [-0.2, -0.15) is 4.98 Å². The van der Waals surface area contributed by atoms with Gasteiger partial charge in [0, 0.05) is 6.54 Å². The first-order chi connectivity index (χ1) is 10.3. The summed E-state index contributed by atoms with van der Waals surface area (Å²) in [4.78, 5) is 4.36. The second-order valence-corrected chi connectivity index (χ2v) is 5.53. The average Bonchev–Trinajstić information content (AvgIpc) is 3.14. The van der Waals surface area contributed by atoms with E-state index in [1.807, 2.05) is 29.7 Å². The number of rotatable bonds is 5. The molecule has 8 heteroatoms. The summed E-state index contributed by atoms with van der Waals surface area (Å²) in [6, 6.07) is 7.37. The van der Waals surface area contributed by atoms with Crippen LogP contribution in [0.1, 0.15) is 12.7 Å². The van der Waals surface area contributed by atoms with Crippen molar-refractivity contribution in [3.63, 3.8) is 0 Å². The first-order valence-electron chi connectivity index (χ1n) is 6.36. The summed E-state index contributed by atoms with van der Waals surface area (Å²) in [5, 5.41) is 13.3. The highest BCUT2D eigenvalue weighted by atomic mass is 35.5. The molecule has 0 aliphatic rings. The fourth-order valence-corrected chi connectivity index (χ4v) is 2.80. The van der Waals surface area contributed by atoms with Crippen molar-refractivity contribution < 1.29 is 4.52 Å². The highest BCUT2D eigenvalue weighted by molar-refractivity contribution is 7.98. The monoisotopic (exact) mass is 321 g/mol. The van der Waals surface area contributed by atoms with Crippen LogP contribution in [-0.2, 0) is 12.3 Å². The van der Waals surface area contributed by atoms with E-state index in [2.05, 4.69) is 20.3 Å². The normalized spacial score (nSPS) is 11.0. The van der Waals surface area contributed by atoms with Crippen molar-refractivity contribution in [2.45, 2.75) is 24.4 Å². The zero-order valence-corrected chi connectivity index (χ0v) is 12.8. The smallest absolute Gasteiger partial charge is 0.259 e. The molecule has 0 aliphatic heterocycles. The van der Waals surface area contributed by atoms with Crippen LogP contribution in [0.5, 0.6) is 0 Å². The van der Waals surface area contributed by atoms with Crippen LogP contribution in [-0.4, -0.2) is 24.9 Å². The predicted molar refractivity (Wildman–Crippen MR) is 80.0 cm³/mol. The number of hydrogen-bond donors (Lipinski definition) is 0. The summed E-state index contributed by atoms with van der Waals surface area (Å²) in [6.07, 6.45) is 1.70. The minimum atomic E-state index is 0.424. The summed E-state index contributed by atoms with van der Waals surface area (Å²) < 4.78 is 7.21. The molecule has 0 N–H and O–H groups in total. The lowest BCUT2D eigenvalue weighted by Crippen LogP contribution is -1.95. The van der Waals surface area contributed by atoms with Gasteiger partial charge >= 0.3 is 0 Å². The third-order valence-electron chi connectivity index (χ3n) is 2.82. The minimum absolute atomic E-state index is 0.424. The molecule has 21 heavy (non-hydrogen) atoms. The lowest BCUT2D eigenvalue weighted by molar-refractivity contribution is 0.425. The zero-order valence-electron chi connectivity index (χ0n) is 11.2. The quantitative estimate of drug-likeness (QED) is 0.672. The largest absolute Gasteiger partial charge is 0.334 e. The molecule has 0 aliphatic carbocycles. The summed E-state index contributed by atoms with van der Waals surface area (Å²) in [7, 11) is 0. The summed E-state index contributed by atoms with van der Waals surface area (Å²) in [6.45, 7) is 2.86. The Hall–Kier alpha value is -1.86. The SMILES string of the molecule is CCn1cnnc1SCc1noc(-c2ccccc2Cl)n1. The molecule has 2 heterocycles. The predicted octanol–water partition coefficient (Wildman–Crippen LogP) is 3.29. The van der Waals surface area contributed by atoms with Crippen LogP contribution in [0.15, 0.2) is 40.3 Å². The van der Waals surface area contributed by atoms with Gasteiger partial charge in [0.15, 0.2) is 11.0 Å². The molecule has 0 unspecified atom stereocenters. The Morgan fingerprint density at radius 3 is 3.00 bits per heavy atom. The van der Waals surface area contributed by atoms with Crippen molar-refractivity contribution >= 4 is 23.4 Å². The van der Waals surface area contributed by atoms with Crippen molar-refractivity contribution in [1.82, 2.24) is 24.9 Å². The van der Waals surface area contributed by atoms with Gasteiger partial charge in [0.05, 0.1) is 16.3 Å². The lowest BCUT2D eigenvalue weighted by Gasteiger charge is -1.99. The van der Waals surface area contributed by atoms with Gasteiger partial charge in [-0.15, -0.1) is 10.2 Å². The number of aryl methyl sites for hydroxylation is 1. The van der Waals surface area contributed by atoms with Crippen molar-refractivity contribution in [2.75, 3.05) is 0 Å². The lowest BCUT2D eigenvalue weighted by atomic mass is 10.2. The van der Waals surface area contributed by atoms with Crippen LogP contribution in [0.2, 0.25) is 5.02 Å². The molecule has 0 amide bonds. The van der Waals surface area contributed by atoms with Crippen molar-refractivity contribution in [1.29, 1.82) is 0 Å². The molecule has 0 atom stereocenters. The van der Waals surface area contributed by atoms with Gasteiger partial charge in [0.25, 0.3) is 5.89 Å². The number of nitrogens with zero attached hydrogens (tertiary/aromatic N) is 5. The van der Waals surface area contributed by atoms with E-state index in [9.17, 15) is 0 Å². The Kier molecular flexibility index (Phi) is 4.21. The molecule has 1 aromatic carbocycles. The molecule has 3 rings (SSSR count). The summed E-state index contributed by atoms with van der Waals surface area (Å²) in [5.74, 6) is 1.58. The van der Waals surface area contributed by atoms with Gasteiger partial charge < -0.3 is 9.09 Å². The summed E-state index contributed by atoms with van der Waals surface area (Å²) >= 11 is 7.63. The Morgan fingerprint density at radius 2 is 2.19 bits per heavy atom. The first-order valence-corrected chi connectivity index (χ1v) is 7.72. The molecule has 3 aromatic rings. The molecule has 108 valence electrons. The Morgan fingerprint density at radius 1 is 1.33 bits per heavy atom. The van der Waals surface area contributed by atoms with E-state index >= 15 is 0 Å². The van der Waals surface area contributed by atoms with E-state index in [1.165, 1.54) is 11.8 Å². The highest BCUT2D eigenvalue weighted by Crippen LogP contribution is 2.27. The van der Waals surface area contributed by atoms with Crippen LogP contribution in [0.25, 0.3) is 11.5 Å². The van der Waals surface area contributed by atoms with E-state index in [1.54, 1.807) is 12.4 Å². The number of benzene rings is 1. The van der Waals surface area contributed by atoms with Crippen LogP contribution in [0, 0.1) is 0 Å². The molecule has 2 aromatic heterocycles. The molecule has 0 saturated carbocycles. The third kappa shape index (κ3) is 3.08. The van der Waals surface area contributed by atoms with Crippen molar-refractivity contribution in [3.05, 3.63) is 41.4 Å². The second kappa shape index (κ2) is 6.28. The second-order valence-electron chi connectivity index (χ2n) is 4.18.